The van der Waals surface area contributed by atoms with E-state index in [0.717, 1.165) is 12.8 Å². The summed E-state index contributed by atoms with van der Waals surface area (Å²) in [6, 6.07) is 19.1. The molecule has 2 aromatic carbocycles. The molecule has 0 aliphatic heterocycles. The van der Waals surface area contributed by atoms with Gasteiger partial charge in [0.25, 0.3) is 0 Å². The van der Waals surface area contributed by atoms with Crippen molar-refractivity contribution in [2.75, 3.05) is 0 Å². The van der Waals surface area contributed by atoms with Gasteiger partial charge in [0.05, 0.1) is 0 Å². The van der Waals surface area contributed by atoms with Crippen molar-refractivity contribution in [1.29, 1.82) is 0 Å². The highest BCUT2D eigenvalue weighted by molar-refractivity contribution is 5.68. The molecule has 0 aromatic heterocycles. The Hall–Kier alpha value is -2.08. The van der Waals surface area contributed by atoms with Crippen LogP contribution >= 0.6 is 0 Å². The molecule has 0 radical (unpaired) electrons. The van der Waals surface area contributed by atoms with Crippen molar-refractivity contribution in [3.63, 3.8) is 0 Å². The van der Waals surface area contributed by atoms with Gasteiger partial charge in [0.2, 0.25) is 0 Å². The van der Waals surface area contributed by atoms with Gasteiger partial charge in [0.1, 0.15) is 0 Å². The first-order valence-electron chi connectivity index (χ1n) is 6.45. The number of allylic oxidation sites excluding steroid dienone is 1. The zero-order valence-corrected chi connectivity index (χ0v) is 10.3. The highest BCUT2D eigenvalue weighted by atomic mass is 14.0. The molecule has 0 spiro atoms. The van der Waals surface area contributed by atoms with Crippen LogP contribution < -0.4 is 10.4 Å². The second-order valence-corrected chi connectivity index (χ2v) is 4.60. The van der Waals surface area contributed by atoms with E-state index in [9.17, 15) is 0 Å². The largest absolute Gasteiger partial charge is 0.0763 e. The van der Waals surface area contributed by atoms with E-state index in [0.29, 0.717) is 0 Å². The van der Waals surface area contributed by atoms with Gasteiger partial charge in [-0.25, -0.2) is 0 Å². The molecule has 0 unspecified atom stereocenters. The van der Waals surface area contributed by atoms with Crippen LogP contribution in [0.1, 0.15) is 18.4 Å². The lowest BCUT2D eigenvalue weighted by Gasteiger charge is -2.06. The fourth-order valence-corrected chi connectivity index (χ4v) is 2.42. The van der Waals surface area contributed by atoms with Gasteiger partial charge in [0, 0.05) is 0 Å². The molecule has 0 amide bonds. The minimum Gasteiger partial charge on any atom is -0.0763 e. The van der Waals surface area contributed by atoms with Crippen LogP contribution in [0.3, 0.4) is 0 Å². The fourth-order valence-electron chi connectivity index (χ4n) is 2.42. The quantitative estimate of drug-likeness (QED) is 0.746. The normalized spacial score (nSPS) is 14.3. The topological polar surface area (TPSA) is 0 Å². The van der Waals surface area contributed by atoms with Gasteiger partial charge in [-0.05, 0) is 34.4 Å². The first kappa shape index (κ1) is 11.0. The molecule has 0 heterocycles. The van der Waals surface area contributed by atoms with Gasteiger partial charge in [-0.2, -0.15) is 0 Å². The van der Waals surface area contributed by atoms with E-state index in [2.05, 4.69) is 72.8 Å². The summed E-state index contributed by atoms with van der Waals surface area (Å²) in [5.74, 6) is 0. The van der Waals surface area contributed by atoms with Gasteiger partial charge < -0.3 is 0 Å². The second kappa shape index (κ2) is 5.05. The van der Waals surface area contributed by atoms with Crippen LogP contribution in [0.5, 0.6) is 0 Å². The lowest BCUT2D eigenvalue weighted by atomic mass is 9.99. The SMILES string of the molecule is C1=c2ccccc2=C(/C=C/c2ccccc2)CC1. The van der Waals surface area contributed by atoms with E-state index < -0.39 is 0 Å². The lowest BCUT2D eigenvalue weighted by molar-refractivity contribution is 1.09. The van der Waals surface area contributed by atoms with Crippen LogP contribution in [0.4, 0.5) is 0 Å². The molecule has 3 rings (SSSR count). The molecule has 0 saturated heterocycles. The summed E-state index contributed by atoms with van der Waals surface area (Å²) in [4.78, 5) is 0. The van der Waals surface area contributed by atoms with Crippen LogP contribution in [0.25, 0.3) is 17.7 Å². The average Bonchev–Trinajstić information content (AvgIpc) is 2.46. The molecule has 0 atom stereocenters. The molecule has 1 aliphatic carbocycles. The average molecular weight is 232 g/mol. The summed E-state index contributed by atoms with van der Waals surface area (Å²) >= 11 is 0. The molecule has 0 heteroatoms. The van der Waals surface area contributed by atoms with Crippen molar-refractivity contribution < 1.29 is 0 Å². The molecule has 0 fully saturated rings. The van der Waals surface area contributed by atoms with Crippen LogP contribution in [-0.4, -0.2) is 0 Å². The molecule has 0 N–H and O–H groups in total. The van der Waals surface area contributed by atoms with Gasteiger partial charge >= 0.3 is 0 Å². The first-order chi connectivity index (χ1) is 8.93. The monoisotopic (exact) mass is 232 g/mol. The standard InChI is InChI=1S/C18H16/c1-2-7-15(8-3-1)13-14-17-11-6-10-16-9-4-5-12-18(16)17/h1-5,7-10,12-14H,6,11H2/b14-13+. The highest BCUT2D eigenvalue weighted by Crippen LogP contribution is 2.12. The Balaban J connectivity index is 2.04. The Labute approximate surface area is 108 Å². The molecule has 88 valence electrons. The van der Waals surface area contributed by atoms with Crippen molar-refractivity contribution in [2.24, 2.45) is 0 Å². The minimum atomic E-state index is 1.14. The molecule has 0 bridgehead atoms. The summed E-state index contributed by atoms with van der Waals surface area (Å²) in [6.07, 6.45) is 9.08. The number of rotatable bonds is 2. The molecule has 2 aromatic rings. The molecular formula is C18H16. The van der Waals surface area contributed by atoms with Crippen molar-refractivity contribution in [1.82, 2.24) is 0 Å². The molecule has 0 nitrogen and oxygen atoms in total. The Morgan fingerprint density at radius 1 is 0.778 bits per heavy atom. The molecule has 18 heavy (non-hydrogen) atoms. The van der Waals surface area contributed by atoms with Crippen LogP contribution in [0.2, 0.25) is 0 Å². The van der Waals surface area contributed by atoms with Crippen LogP contribution in [0.15, 0.2) is 60.7 Å². The predicted molar refractivity (Wildman–Crippen MR) is 78.3 cm³/mol. The molecule has 1 aliphatic rings. The van der Waals surface area contributed by atoms with Crippen LogP contribution in [-0.2, 0) is 0 Å². The number of hydrogen-bond acceptors (Lipinski definition) is 0. The van der Waals surface area contributed by atoms with Crippen molar-refractivity contribution >= 4 is 17.7 Å². The Kier molecular flexibility index (Phi) is 3.10. The van der Waals surface area contributed by atoms with E-state index in [1.807, 2.05) is 0 Å². The third kappa shape index (κ3) is 2.28. The van der Waals surface area contributed by atoms with E-state index in [1.54, 1.807) is 0 Å². The van der Waals surface area contributed by atoms with E-state index in [4.69, 9.17) is 0 Å². The summed E-state index contributed by atoms with van der Waals surface area (Å²) < 4.78 is 0. The maximum Gasteiger partial charge on any atom is -0.0155 e. The van der Waals surface area contributed by atoms with Gasteiger partial charge in [-0.15, -0.1) is 0 Å². The van der Waals surface area contributed by atoms with Crippen LogP contribution in [0, 0.1) is 0 Å². The van der Waals surface area contributed by atoms with Crippen molar-refractivity contribution in [3.05, 3.63) is 76.7 Å². The van der Waals surface area contributed by atoms with E-state index in [1.165, 1.54) is 21.6 Å². The third-order valence-electron chi connectivity index (χ3n) is 3.36. The van der Waals surface area contributed by atoms with Gasteiger partial charge in [0.15, 0.2) is 0 Å². The zero-order chi connectivity index (χ0) is 12.2. The minimum absolute atomic E-state index is 1.14. The van der Waals surface area contributed by atoms with Gasteiger partial charge in [-0.3, -0.25) is 0 Å². The first-order valence-corrected chi connectivity index (χ1v) is 6.45. The number of fused-ring (bicyclic) bond motifs is 1. The maximum atomic E-state index is 2.33. The summed E-state index contributed by atoms with van der Waals surface area (Å²) in [6.45, 7) is 0. The molecule has 0 saturated carbocycles. The predicted octanol–water partition coefficient (Wildman–Crippen LogP) is 3.13. The zero-order valence-electron chi connectivity index (χ0n) is 10.3. The van der Waals surface area contributed by atoms with Crippen molar-refractivity contribution in [3.8, 4) is 0 Å². The van der Waals surface area contributed by atoms with E-state index >= 15 is 0 Å². The van der Waals surface area contributed by atoms with E-state index in [-0.39, 0.29) is 0 Å². The second-order valence-electron chi connectivity index (χ2n) is 4.60. The highest BCUT2D eigenvalue weighted by Gasteiger charge is 2.00. The molecular weight excluding hydrogens is 216 g/mol. The Morgan fingerprint density at radius 2 is 1.56 bits per heavy atom. The maximum absolute atomic E-state index is 2.33. The van der Waals surface area contributed by atoms with Crippen molar-refractivity contribution in [2.45, 2.75) is 12.8 Å². The Bertz CT molecular complexity index is 675. The summed E-state index contributed by atoms with van der Waals surface area (Å²) in [5, 5.41) is 2.76. The number of hydrogen-bond donors (Lipinski definition) is 0. The third-order valence-corrected chi connectivity index (χ3v) is 3.36. The Morgan fingerprint density at radius 3 is 2.44 bits per heavy atom. The van der Waals surface area contributed by atoms with Gasteiger partial charge in [-0.1, -0.05) is 72.8 Å². The fraction of sp³-hybridized carbons (Fsp3) is 0.111. The smallest absolute Gasteiger partial charge is 0.0155 e. The lowest BCUT2D eigenvalue weighted by Crippen LogP contribution is -2.28. The summed E-state index contributed by atoms with van der Waals surface area (Å²) in [5.41, 5.74) is 2.70. The number of benzene rings is 2. The summed E-state index contributed by atoms with van der Waals surface area (Å²) in [7, 11) is 0.